The van der Waals surface area contributed by atoms with Crippen LogP contribution in [0.5, 0.6) is 0 Å². The molecular weight excluding hydrogens is 386 g/mol. The van der Waals surface area contributed by atoms with E-state index >= 15 is 0 Å². The lowest BCUT2D eigenvalue weighted by molar-refractivity contribution is -0.146. The molecule has 0 amide bonds. The minimum absolute atomic E-state index is 0.00127. The maximum Gasteiger partial charge on any atom is 0.419 e. The molecule has 0 atom stereocenters. The van der Waals surface area contributed by atoms with Crippen molar-refractivity contribution in [3.8, 4) is 11.4 Å². The van der Waals surface area contributed by atoms with Crippen molar-refractivity contribution < 1.29 is 18.5 Å². The van der Waals surface area contributed by atoms with Crippen LogP contribution in [0.1, 0.15) is 12.3 Å². The van der Waals surface area contributed by atoms with Gasteiger partial charge in [0, 0.05) is 17.1 Å². The van der Waals surface area contributed by atoms with Gasteiger partial charge in [0.25, 0.3) is 5.89 Å². The standard InChI is InChI=1S/C19H14ClN3O5/c20-13-5-3-4-12(10-13)18-21-16(28-22-18)11-26-17(24)8-9-23-14-6-1-2-7-15(14)27-19(23)25/h1-7,10H,8-9,11H2. The van der Waals surface area contributed by atoms with Crippen LogP contribution in [0.3, 0.4) is 0 Å². The number of esters is 1. The molecule has 0 saturated carbocycles. The van der Waals surface area contributed by atoms with E-state index in [0.717, 1.165) is 0 Å². The van der Waals surface area contributed by atoms with E-state index in [1.54, 1.807) is 48.5 Å². The van der Waals surface area contributed by atoms with Crippen molar-refractivity contribution in [2.75, 3.05) is 0 Å². The molecule has 0 aliphatic rings. The molecule has 28 heavy (non-hydrogen) atoms. The first-order valence-electron chi connectivity index (χ1n) is 8.43. The van der Waals surface area contributed by atoms with Gasteiger partial charge in [-0.2, -0.15) is 4.98 Å². The van der Waals surface area contributed by atoms with Gasteiger partial charge >= 0.3 is 11.7 Å². The number of ether oxygens (including phenoxy) is 1. The van der Waals surface area contributed by atoms with Gasteiger partial charge in [-0.3, -0.25) is 9.36 Å². The van der Waals surface area contributed by atoms with Crippen molar-refractivity contribution in [1.82, 2.24) is 14.7 Å². The number of aromatic nitrogens is 3. The molecule has 4 rings (SSSR count). The van der Waals surface area contributed by atoms with Gasteiger partial charge < -0.3 is 13.7 Å². The molecule has 0 unspecified atom stereocenters. The lowest BCUT2D eigenvalue weighted by Crippen LogP contribution is -2.17. The van der Waals surface area contributed by atoms with Crippen LogP contribution in [0.2, 0.25) is 5.02 Å². The highest BCUT2D eigenvalue weighted by Crippen LogP contribution is 2.20. The third-order valence-corrected chi connectivity index (χ3v) is 4.26. The van der Waals surface area contributed by atoms with Crippen molar-refractivity contribution in [2.45, 2.75) is 19.6 Å². The van der Waals surface area contributed by atoms with Gasteiger partial charge in [-0.1, -0.05) is 41.0 Å². The highest BCUT2D eigenvalue weighted by molar-refractivity contribution is 6.30. The Kier molecular flexibility index (Phi) is 4.94. The number of aryl methyl sites for hydroxylation is 1. The fraction of sp³-hybridized carbons (Fsp3) is 0.158. The predicted molar refractivity (Wildman–Crippen MR) is 99.6 cm³/mol. The summed E-state index contributed by atoms with van der Waals surface area (Å²) in [5.74, 6) is -0.504. The Labute approximate surface area is 163 Å². The Hall–Kier alpha value is -3.39. The van der Waals surface area contributed by atoms with E-state index in [1.807, 2.05) is 0 Å². The average Bonchev–Trinajstić information content (AvgIpc) is 3.28. The first kappa shape index (κ1) is 18.0. The van der Waals surface area contributed by atoms with Crippen molar-refractivity contribution in [1.29, 1.82) is 0 Å². The van der Waals surface area contributed by atoms with Gasteiger partial charge in [-0.15, -0.1) is 0 Å². The molecule has 0 radical (unpaired) electrons. The second kappa shape index (κ2) is 7.69. The predicted octanol–water partition coefficient (Wildman–Crippen LogP) is 3.43. The summed E-state index contributed by atoms with van der Waals surface area (Å²) in [6, 6.07) is 14.0. The van der Waals surface area contributed by atoms with E-state index in [9.17, 15) is 9.59 Å². The Bertz CT molecular complexity index is 1190. The molecule has 142 valence electrons. The first-order valence-corrected chi connectivity index (χ1v) is 8.80. The number of para-hydroxylation sites is 2. The first-order chi connectivity index (χ1) is 13.6. The number of halogens is 1. The Morgan fingerprint density at radius 1 is 1.18 bits per heavy atom. The maximum atomic E-state index is 12.0. The van der Waals surface area contributed by atoms with Crippen molar-refractivity contribution in [2.24, 2.45) is 0 Å². The minimum Gasteiger partial charge on any atom is -0.456 e. The number of rotatable bonds is 6. The number of nitrogens with zero attached hydrogens (tertiary/aromatic N) is 3. The van der Waals surface area contributed by atoms with E-state index in [1.165, 1.54) is 4.57 Å². The summed E-state index contributed by atoms with van der Waals surface area (Å²) in [4.78, 5) is 28.1. The average molecular weight is 400 g/mol. The molecule has 0 fully saturated rings. The normalized spacial score (nSPS) is 11.0. The molecule has 0 spiro atoms. The Morgan fingerprint density at radius 3 is 2.89 bits per heavy atom. The molecule has 2 heterocycles. The zero-order valence-corrected chi connectivity index (χ0v) is 15.3. The summed E-state index contributed by atoms with van der Waals surface area (Å²) >= 11 is 5.94. The van der Waals surface area contributed by atoms with Crippen LogP contribution in [-0.2, 0) is 22.7 Å². The molecule has 0 aliphatic carbocycles. The third-order valence-electron chi connectivity index (χ3n) is 4.02. The molecular formula is C19H14ClN3O5. The Morgan fingerprint density at radius 2 is 2.04 bits per heavy atom. The largest absolute Gasteiger partial charge is 0.456 e. The third kappa shape index (κ3) is 3.81. The smallest absolute Gasteiger partial charge is 0.419 e. The fourth-order valence-electron chi connectivity index (χ4n) is 2.70. The summed E-state index contributed by atoms with van der Waals surface area (Å²) < 4.78 is 16.7. The number of carbonyl (C=O) groups excluding carboxylic acids is 1. The number of hydrogen-bond donors (Lipinski definition) is 0. The van der Waals surface area contributed by atoms with Gasteiger partial charge in [0.05, 0.1) is 11.9 Å². The summed E-state index contributed by atoms with van der Waals surface area (Å²) in [6.07, 6.45) is -0.00127. The van der Waals surface area contributed by atoms with E-state index in [2.05, 4.69) is 10.1 Å². The SMILES string of the molecule is O=C(CCn1c(=O)oc2ccccc21)OCc1nc(-c2cccc(Cl)c2)no1. The summed E-state index contributed by atoms with van der Waals surface area (Å²) in [5, 5.41) is 4.40. The molecule has 0 aliphatic heterocycles. The van der Waals surface area contributed by atoms with Gasteiger partial charge in [-0.25, -0.2) is 4.79 Å². The number of hydrogen-bond acceptors (Lipinski definition) is 7. The fourth-order valence-corrected chi connectivity index (χ4v) is 2.89. The van der Waals surface area contributed by atoms with Gasteiger partial charge in [-0.05, 0) is 24.3 Å². The van der Waals surface area contributed by atoms with Crippen molar-refractivity contribution in [3.05, 3.63) is 70.0 Å². The van der Waals surface area contributed by atoms with Crippen LogP contribution >= 0.6 is 11.6 Å². The topological polar surface area (TPSA) is 100 Å². The number of oxazole rings is 1. The highest BCUT2D eigenvalue weighted by atomic mass is 35.5. The molecule has 2 aromatic heterocycles. The second-order valence-electron chi connectivity index (χ2n) is 5.92. The molecule has 0 bridgehead atoms. The molecule has 0 saturated heterocycles. The van der Waals surface area contributed by atoms with Crippen LogP contribution < -0.4 is 5.76 Å². The van der Waals surface area contributed by atoms with Crippen LogP contribution in [0.15, 0.2) is 62.3 Å². The van der Waals surface area contributed by atoms with Crippen molar-refractivity contribution in [3.63, 3.8) is 0 Å². The van der Waals surface area contributed by atoms with Gasteiger partial charge in [0.2, 0.25) is 5.82 Å². The lowest BCUT2D eigenvalue weighted by atomic mass is 10.2. The number of benzene rings is 2. The zero-order chi connectivity index (χ0) is 19.5. The quantitative estimate of drug-likeness (QED) is 0.458. The minimum atomic E-state index is -0.517. The lowest BCUT2D eigenvalue weighted by Gasteiger charge is -2.03. The van der Waals surface area contributed by atoms with E-state index in [0.29, 0.717) is 27.5 Å². The van der Waals surface area contributed by atoms with E-state index in [-0.39, 0.29) is 25.5 Å². The zero-order valence-electron chi connectivity index (χ0n) is 14.5. The second-order valence-corrected chi connectivity index (χ2v) is 6.36. The summed E-state index contributed by atoms with van der Waals surface area (Å²) in [5.41, 5.74) is 1.80. The van der Waals surface area contributed by atoms with Crippen LogP contribution in [-0.4, -0.2) is 20.7 Å². The molecule has 4 aromatic rings. The highest BCUT2D eigenvalue weighted by Gasteiger charge is 2.14. The van der Waals surface area contributed by atoms with Crippen molar-refractivity contribution >= 4 is 28.7 Å². The Balaban J connectivity index is 1.35. The van der Waals surface area contributed by atoms with Crippen LogP contribution in [0.4, 0.5) is 0 Å². The summed E-state index contributed by atoms with van der Waals surface area (Å²) in [6.45, 7) is -0.0142. The number of carbonyl (C=O) groups is 1. The molecule has 0 N–H and O–H groups in total. The molecule has 8 nitrogen and oxygen atoms in total. The van der Waals surface area contributed by atoms with E-state index in [4.69, 9.17) is 25.3 Å². The monoisotopic (exact) mass is 399 g/mol. The van der Waals surface area contributed by atoms with Gasteiger partial charge in [0.15, 0.2) is 12.2 Å². The van der Waals surface area contributed by atoms with Crippen LogP contribution in [0.25, 0.3) is 22.5 Å². The summed E-state index contributed by atoms with van der Waals surface area (Å²) in [7, 11) is 0. The van der Waals surface area contributed by atoms with Crippen LogP contribution in [0, 0.1) is 0 Å². The molecule has 2 aromatic carbocycles. The van der Waals surface area contributed by atoms with Gasteiger partial charge in [0.1, 0.15) is 0 Å². The number of fused-ring (bicyclic) bond motifs is 1. The molecule has 9 heteroatoms. The maximum absolute atomic E-state index is 12.0. The van der Waals surface area contributed by atoms with E-state index < -0.39 is 11.7 Å².